The molecule has 2 heterocycles. The lowest BCUT2D eigenvalue weighted by Crippen LogP contribution is -2.31. The Bertz CT molecular complexity index is 991. The average molecular weight is 418 g/mol. The second-order valence-corrected chi connectivity index (χ2v) is 7.52. The highest BCUT2D eigenvalue weighted by Gasteiger charge is 2.31. The number of carbonyl (C=O) groups excluding carboxylic acids is 2. The van der Waals surface area contributed by atoms with Crippen LogP contribution in [0.4, 0.5) is 5.82 Å². The number of nitrogens with two attached hydrogens (primary N) is 1. The third kappa shape index (κ3) is 4.70. The molecule has 0 saturated carbocycles. The summed E-state index contributed by atoms with van der Waals surface area (Å²) >= 11 is 1.39. The van der Waals surface area contributed by atoms with Crippen LogP contribution >= 0.6 is 11.8 Å². The maximum absolute atomic E-state index is 12.7. The minimum Gasteiger partial charge on any atom is -0.490 e. The van der Waals surface area contributed by atoms with Crippen molar-refractivity contribution in [1.29, 1.82) is 0 Å². The molecule has 3 rings (SSSR count). The van der Waals surface area contributed by atoms with Gasteiger partial charge in [-0.3, -0.25) is 14.4 Å². The molecule has 0 saturated heterocycles. The molecule has 10 heteroatoms. The molecule has 154 valence electrons. The number of aromatic nitrogens is 2. The quantitative estimate of drug-likeness (QED) is 0.438. The highest BCUT2D eigenvalue weighted by molar-refractivity contribution is 7.99. The molecule has 2 amide bonds. The molecule has 1 atom stereocenters. The van der Waals surface area contributed by atoms with Crippen LogP contribution in [0.5, 0.6) is 11.5 Å². The Morgan fingerprint density at radius 3 is 2.76 bits per heavy atom. The average Bonchev–Trinajstić information content (AvgIpc) is 2.66. The molecule has 4 N–H and O–H groups in total. The van der Waals surface area contributed by atoms with Crippen molar-refractivity contribution in [2.75, 3.05) is 24.3 Å². The Morgan fingerprint density at radius 1 is 1.28 bits per heavy atom. The van der Waals surface area contributed by atoms with Crippen molar-refractivity contribution < 1.29 is 19.1 Å². The summed E-state index contributed by atoms with van der Waals surface area (Å²) < 4.78 is 11.0. The van der Waals surface area contributed by atoms with Gasteiger partial charge in [0, 0.05) is 12.3 Å². The van der Waals surface area contributed by atoms with Crippen LogP contribution in [0.25, 0.3) is 0 Å². The number of rotatable bonds is 8. The number of hydrogen-bond donors (Lipinski definition) is 3. The van der Waals surface area contributed by atoms with Crippen LogP contribution in [0.1, 0.15) is 37.3 Å². The van der Waals surface area contributed by atoms with Crippen molar-refractivity contribution >= 4 is 29.4 Å². The predicted octanol–water partition coefficient (Wildman–Crippen LogP) is 1.62. The fourth-order valence-electron chi connectivity index (χ4n) is 3.12. The van der Waals surface area contributed by atoms with Crippen LogP contribution in [0.2, 0.25) is 0 Å². The number of fused-ring (bicyclic) bond motifs is 1. The molecule has 29 heavy (non-hydrogen) atoms. The van der Waals surface area contributed by atoms with Crippen molar-refractivity contribution in [3.63, 3.8) is 0 Å². The number of carbonyl (C=O) groups is 2. The lowest BCUT2D eigenvalue weighted by atomic mass is 9.86. The molecule has 1 aliphatic heterocycles. The fourth-order valence-corrected chi connectivity index (χ4v) is 3.71. The van der Waals surface area contributed by atoms with Gasteiger partial charge in [-0.1, -0.05) is 24.8 Å². The smallest absolute Gasteiger partial charge is 0.257 e. The summed E-state index contributed by atoms with van der Waals surface area (Å²) in [5, 5.41) is 3.15. The summed E-state index contributed by atoms with van der Waals surface area (Å²) in [7, 11) is 0. The Labute approximate surface area is 171 Å². The van der Waals surface area contributed by atoms with E-state index in [0.29, 0.717) is 34.4 Å². The van der Waals surface area contributed by atoms with E-state index < -0.39 is 11.8 Å². The standard InChI is InChI=1S/C19H22N4O5S/c1-3-27-13-7-10(5-6-12(13)28-9-14(20)24)11-8-15(25)21-17-16(11)18(26)23-19(22-17)29-4-2/h5-7,11H,3-4,8-9H2,1-2H3,(H2,20,24)(H2,21,22,23,25,26)/t11-/m0/s1. The molecule has 0 radical (unpaired) electrons. The number of ether oxygens (including phenoxy) is 2. The zero-order chi connectivity index (χ0) is 21.0. The number of nitrogens with one attached hydrogen (secondary N) is 2. The second-order valence-electron chi connectivity index (χ2n) is 6.27. The predicted molar refractivity (Wildman–Crippen MR) is 109 cm³/mol. The van der Waals surface area contributed by atoms with Gasteiger partial charge in [0.2, 0.25) is 5.91 Å². The maximum atomic E-state index is 12.7. The number of anilines is 1. The first-order valence-electron chi connectivity index (χ1n) is 9.17. The molecule has 0 aliphatic carbocycles. The van der Waals surface area contributed by atoms with Crippen molar-refractivity contribution in [2.45, 2.75) is 31.3 Å². The van der Waals surface area contributed by atoms with Gasteiger partial charge in [-0.25, -0.2) is 4.98 Å². The molecule has 0 bridgehead atoms. The monoisotopic (exact) mass is 418 g/mol. The van der Waals surface area contributed by atoms with E-state index in [9.17, 15) is 14.4 Å². The topological polar surface area (TPSA) is 136 Å². The molecule has 1 aromatic carbocycles. The van der Waals surface area contributed by atoms with Gasteiger partial charge < -0.3 is 25.5 Å². The molecule has 0 unspecified atom stereocenters. The van der Waals surface area contributed by atoms with E-state index in [4.69, 9.17) is 15.2 Å². The van der Waals surface area contributed by atoms with Crippen LogP contribution in [-0.4, -0.2) is 40.7 Å². The van der Waals surface area contributed by atoms with E-state index in [-0.39, 0.29) is 30.3 Å². The molecule has 2 aromatic rings. The number of thioether (sulfide) groups is 1. The first-order chi connectivity index (χ1) is 13.9. The third-order valence-corrected chi connectivity index (χ3v) is 5.01. The van der Waals surface area contributed by atoms with Crippen molar-refractivity contribution in [1.82, 2.24) is 9.97 Å². The van der Waals surface area contributed by atoms with Gasteiger partial charge >= 0.3 is 0 Å². The largest absolute Gasteiger partial charge is 0.490 e. The van der Waals surface area contributed by atoms with Gasteiger partial charge in [0.15, 0.2) is 23.3 Å². The summed E-state index contributed by atoms with van der Waals surface area (Å²) in [5.74, 6) is 0.465. The van der Waals surface area contributed by atoms with E-state index in [2.05, 4.69) is 15.3 Å². The Kier molecular flexibility index (Phi) is 6.42. The SMILES string of the molecule is CCOc1cc([C@@H]2CC(=O)Nc3nc(SCC)[nH]c(=O)c32)ccc1OCC(N)=O. The molecule has 9 nitrogen and oxygen atoms in total. The highest BCUT2D eigenvalue weighted by atomic mass is 32.2. The van der Waals surface area contributed by atoms with Crippen LogP contribution in [0.15, 0.2) is 28.2 Å². The molecular formula is C19H22N4O5S. The Hall–Kier alpha value is -3.01. The van der Waals surface area contributed by atoms with Gasteiger partial charge in [-0.05, 0) is 30.4 Å². The minimum absolute atomic E-state index is 0.102. The van der Waals surface area contributed by atoms with Gasteiger partial charge in [-0.2, -0.15) is 0 Å². The van der Waals surface area contributed by atoms with Crippen LogP contribution < -0.4 is 26.1 Å². The zero-order valence-electron chi connectivity index (χ0n) is 16.1. The lowest BCUT2D eigenvalue weighted by Gasteiger charge is -2.25. The molecule has 1 aromatic heterocycles. The van der Waals surface area contributed by atoms with Gasteiger partial charge in [0.1, 0.15) is 5.82 Å². The summed E-state index contributed by atoms with van der Waals surface area (Å²) in [6.45, 7) is 3.85. The number of hydrogen-bond acceptors (Lipinski definition) is 7. The highest BCUT2D eigenvalue weighted by Crippen LogP contribution is 2.38. The Balaban J connectivity index is 2.02. The lowest BCUT2D eigenvalue weighted by molar-refractivity contribution is -0.120. The van der Waals surface area contributed by atoms with Crippen LogP contribution in [0.3, 0.4) is 0 Å². The van der Waals surface area contributed by atoms with Crippen molar-refractivity contribution in [3.05, 3.63) is 39.7 Å². The van der Waals surface area contributed by atoms with E-state index in [0.717, 1.165) is 5.75 Å². The van der Waals surface area contributed by atoms with Crippen LogP contribution in [-0.2, 0) is 9.59 Å². The Morgan fingerprint density at radius 2 is 2.07 bits per heavy atom. The zero-order valence-corrected chi connectivity index (χ0v) is 16.9. The number of primary amides is 1. The molecule has 0 fully saturated rings. The fraction of sp³-hybridized carbons (Fsp3) is 0.368. The molecule has 1 aliphatic rings. The van der Waals surface area contributed by atoms with Crippen LogP contribution in [0, 0.1) is 0 Å². The normalized spacial score (nSPS) is 15.4. The third-order valence-electron chi connectivity index (χ3n) is 4.25. The van der Waals surface area contributed by atoms with E-state index in [1.807, 2.05) is 13.8 Å². The number of amides is 2. The maximum Gasteiger partial charge on any atom is 0.257 e. The minimum atomic E-state index is -0.604. The summed E-state index contributed by atoms with van der Waals surface area (Å²) in [5.41, 5.74) is 5.95. The van der Waals surface area contributed by atoms with Crippen molar-refractivity contribution in [3.8, 4) is 11.5 Å². The summed E-state index contributed by atoms with van der Waals surface area (Å²) in [4.78, 5) is 43.2. The second kappa shape index (κ2) is 8.99. The van der Waals surface area contributed by atoms with Crippen molar-refractivity contribution in [2.24, 2.45) is 5.73 Å². The van der Waals surface area contributed by atoms with E-state index in [1.54, 1.807) is 18.2 Å². The summed E-state index contributed by atoms with van der Waals surface area (Å²) in [6, 6.07) is 5.08. The van der Waals surface area contributed by atoms with E-state index in [1.165, 1.54) is 11.8 Å². The van der Waals surface area contributed by atoms with Gasteiger partial charge in [0.05, 0.1) is 12.2 Å². The number of H-pyrrole nitrogens is 1. The van der Waals surface area contributed by atoms with E-state index >= 15 is 0 Å². The van der Waals surface area contributed by atoms with Gasteiger partial charge in [0.25, 0.3) is 11.5 Å². The molecular weight excluding hydrogens is 396 g/mol. The number of aromatic amines is 1. The number of nitrogens with zero attached hydrogens (tertiary/aromatic N) is 1. The first kappa shape index (κ1) is 20.7. The number of benzene rings is 1. The first-order valence-corrected chi connectivity index (χ1v) is 10.2. The summed E-state index contributed by atoms with van der Waals surface area (Å²) in [6.07, 6.45) is 0.102. The molecule has 0 spiro atoms. The van der Waals surface area contributed by atoms with Gasteiger partial charge in [-0.15, -0.1) is 0 Å².